The molecule has 1 unspecified atom stereocenters. The second-order valence-electron chi connectivity index (χ2n) is 4.53. The van der Waals surface area contributed by atoms with Crippen LogP contribution in [0.2, 0.25) is 0 Å². The van der Waals surface area contributed by atoms with Gasteiger partial charge in [-0.15, -0.1) is 0 Å². The summed E-state index contributed by atoms with van der Waals surface area (Å²) in [5, 5.41) is 3.23. The van der Waals surface area contributed by atoms with Crippen molar-refractivity contribution in [2.24, 2.45) is 0 Å². The van der Waals surface area contributed by atoms with Crippen molar-refractivity contribution in [3.8, 4) is 11.5 Å². The lowest BCUT2D eigenvalue weighted by molar-refractivity contribution is 0.0948. The van der Waals surface area contributed by atoms with Crippen molar-refractivity contribution >= 4 is 5.78 Å². The van der Waals surface area contributed by atoms with Crippen LogP contribution in [0.5, 0.6) is 11.5 Å². The Labute approximate surface area is 107 Å². The molecule has 0 saturated carbocycles. The fourth-order valence-electron chi connectivity index (χ4n) is 2.40. The summed E-state index contributed by atoms with van der Waals surface area (Å²) in [6.45, 7) is 2.82. The number of aryl methyl sites for hydroxylation is 1. The Morgan fingerprint density at radius 1 is 1.33 bits per heavy atom. The van der Waals surface area contributed by atoms with Gasteiger partial charge in [0.25, 0.3) is 0 Å². The molecule has 1 aliphatic heterocycles. The summed E-state index contributed by atoms with van der Waals surface area (Å²) in [7, 11) is 3.18. The fourth-order valence-corrected chi connectivity index (χ4v) is 2.40. The van der Waals surface area contributed by atoms with Crippen LogP contribution in [0, 0.1) is 6.92 Å². The summed E-state index contributed by atoms with van der Waals surface area (Å²) in [6, 6.07) is 3.55. The van der Waals surface area contributed by atoms with Gasteiger partial charge >= 0.3 is 0 Å². The standard InChI is InChI=1S/C14H19NO3/c1-9-7-10(17-2)8-12(18-3)13(9)14(16)11-5-4-6-15-11/h7-8,11,15H,4-6H2,1-3H3. The van der Waals surface area contributed by atoms with Gasteiger partial charge in [-0.1, -0.05) is 0 Å². The van der Waals surface area contributed by atoms with Crippen molar-refractivity contribution in [1.82, 2.24) is 5.32 Å². The summed E-state index contributed by atoms with van der Waals surface area (Å²) >= 11 is 0. The third kappa shape index (κ3) is 2.34. The molecule has 2 rings (SSSR count). The Bertz CT molecular complexity index is 451. The smallest absolute Gasteiger partial charge is 0.183 e. The molecule has 1 aliphatic rings. The zero-order chi connectivity index (χ0) is 13.1. The maximum Gasteiger partial charge on any atom is 0.183 e. The summed E-state index contributed by atoms with van der Waals surface area (Å²) < 4.78 is 10.5. The van der Waals surface area contributed by atoms with Crippen LogP contribution in [0.25, 0.3) is 0 Å². The van der Waals surface area contributed by atoms with Crippen LogP contribution < -0.4 is 14.8 Å². The summed E-state index contributed by atoms with van der Waals surface area (Å²) in [4.78, 5) is 12.5. The Kier molecular flexibility index (Phi) is 3.87. The Morgan fingerprint density at radius 3 is 2.67 bits per heavy atom. The van der Waals surface area contributed by atoms with Gasteiger partial charge in [0.2, 0.25) is 0 Å². The van der Waals surface area contributed by atoms with Crippen LogP contribution in [0.15, 0.2) is 12.1 Å². The van der Waals surface area contributed by atoms with Crippen LogP contribution in [-0.4, -0.2) is 32.6 Å². The Balaban J connectivity index is 2.39. The lowest BCUT2D eigenvalue weighted by atomic mass is 9.97. The number of hydrogen-bond donors (Lipinski definition) is 1. The van der Waals surface area contributed by atoms with Crippen LogP contribution in [0.4, 0.5) is 0 Å². The van der Waals surface area contributed by atoms with E-state index in [4.69, 9.17) is 9.47 Å². The minimum absolute atomic E-state index is 0.0778. The second kappa shape index (κ2) is 5.40. The van der Waals surface area contributed by atoms with E-state index in [1.54, 1.807) is 20.3 Å². The topological polar surface area (TPSA) is 47.6 Å². The average molecular weight is 249 g/mol. The number of ketones is 1. The van der Waals surface area contributed by atoms with Crippen molar-refractivity contribution in [3.05, 3.63) is 23.3 Å². The van der Waals surface area contributed by atoms with Gasteiger partial charge in [-0.25, -0.2) is 0 Å². The molecule has 98 valence electrons. The zero-order valence-corrected chi connectivity index (χ0v) is 11.1. The first-order valence-electron chi connectivity index (χ1n) is 6.17. The van der Waals surface area contributed by atoms with Crippen molar-refractivity contribution in [2.75, 3.05) is 20.8 Å². The third-order valence-electron chi connectivity index (χ3n) is 3.35. The lowest BCUT2D eigenvalue weighted by Gasteiger charge is -2.16. The molecule has 1 heterocycles. The van der Waals surface area contributed by atoms with Gasteiger partial charge in [0.1, 0.15) is 11.5 Å². The van der Waals surface area contributed by atoms with Crippen molar-refractivity contribution in [1.29, 1.82) is 0 Å². The van der Waals surface area contributed by atoms with E-state index in [0.29, 0.717) is 17.1 Å². The number of carbonyl (C=O) groups is 1. The number of hydrogen-bond acceptors (Lipinski definition) is 4. The number of Topliss-reactive ketones (excluding diaryl/α,β-unsaturated/α-hetero) is 1. The van der Waals surface area contributed by atoms with Crippen LogP contribution >= 0.6 is 0 Å². The fraction of sp³-hybridized carbons (Fsp3) is 0.500. The highest BCUT2D eigenvalue weighted by Crippen LogP contribution is 2.30. The molecular weight excluding hydrogens is 230 g/mol. The van der Waals surface area contributed by atoms with Crippen molar-refractivity contribution in [2.45, 2.75) is 25.8 Å². The first-order chi connectivity index (χ1) is 8.67. The molecule has 4 heteroatoms. The molecule has 1 aromatic rings. The van der Waals surface area contributed by atoms with E-state index in [-0.39, 0.29) is 11.8 Å². The average Bonchev–Trinajstić information content (AvgIpc) is 2.90. The molecule has 0 aliphatic carbocycles. The van der Waals surface area contributed by atoms with E-state index < -0.39 is 0 Å². The maximum atomic E-state index is 12.5. The summed E-state index contributed by atoms with van der Waals surface area (Å²) in [5.41, 5.74) is 1.56. The highest BCUT2D eigenvalue weighted by atomic mass is 16.5. The molecule has 4 nitrogen and oxygen atoms in total. The van der Waals surface area contributed by atoms with E-state index >= 15 is 0 Å². The molecule has 1 atom stereocenters. The van der Waals surface area contributed by atoms with Crippen LogP contribution in [-0.2, 0) is 0 Å². The van der Waals surface area contributed by atoms with E-state index in [1.807, 2.05) is 13.0 Å². The minimum atomic E-state index is -0.0778. The third-order valence-corrected chi connectivity index (χ3v) is 3.35. The zero-order valence-electron chi connectivity index (χ0n) is 11.1. The number of carbonyl (C=O) groups excluding carboxylic acids is 1. The first kappa shape index (κ1) is 12.9. The molecule has 1 fully saturated rings. The van der Waals surface area contributed by atoms with Gasteiger partial charge in [-0.05, 0) is 37.9 Å². The van der Waals surface area contributed by atoms with E-state index in [9.17, 15) is 4.79 Å². The lowest BCUT2D eigenvalue weighted by Crippen LogP contribution is -2.31. The molecule has 1 aromatic carbocycles. The number of nitrogens with one attached hydrogen (secondary N) is 1. The van der Waals surface area contributed by atoms with Gasteiger partial charge in [0.15, 0.2) is 5.78 Å². The highest BCUT2D eigenvalue weighted by Gasteiger charge is 2.27. The van der Waals surface area contributed by atoms with Gasteiger partial charge in [0, 0.05) is 6.07 Å². The van der Waals surface area contributed by atoms with Crippen LogP contribution in [0.3, 0.4) is 0 Å². The quantitative estimate of drug-likeness (QED) is 0.828. The maximum absolute atomic E-state index is 12.5. The molecular formula is C14H19NO3. The molecule has 0 bridgehead atoms. The van der Waals surface area contributed by atoms with E-state index in [0.717, 1.165) is 24.9 Å². The Hall–Kier alpha value is -1.55. The summed E-state index contributed by atoms with van der Waals surface area (Å²) in [6.07, 6.45) is 1.95. The number of ether oxygens (including phenoxy) is 2. The molecule has 1 saturated heterocycles. The molecule has 0 amide bonds. The summed E-state index contributed by atoms with van der Waals surface area (Å²) in [5.74, 6) is 1.41. The van der Waals surface area contributed by atoms with Gasteiger partial charge < -0.3 is 14.8 Å². The number of methoxy groups -OCH3 is 2. The first-order valence-corrected chi connectivity index (χ1v) is 6.17. The minimum Gasteiger partial charge on any atom is -0.497 e. The van der Waals surface area contributed by atoms with Gasteiger partial charge in [0.05, 0.1) is 25.8 Å². The molecule has 0 aromatic heterocycles. The number of rotatable bonds is 4. The van der Waals surface area contributed by atoms with Crippen molar-refractivity contribution < 1.29 is 14.3 Å². The highest BCUT2D eigenvalue weighted by molar-refractivity contribution is 6.04. The van der Waals surface area contributed by atoms with Crippen molar-refractivity contribution in [3.63, 3.8) is 0 Å². The second-order valence-corrected chi connectivity index (χ2v) is 4.53. The molecule has 0 spiro atoms. The monoisotopic (exact) mass is 249 g/mol. The molecule has 1 N–H and O–H groups in total. The van der Waals surface area contributed by atoms with E-state index in [1.165, 1.54) is 0 Å². The van der Waals surface area contributed by atoms with E-state index in [2.05, 4.69) is 5.32 Å². The predicted octanol–water partition coefficient (Wildman–Crippen LogP) is 1.95. The Morgan fingerprint density at radius 2 is 2.11 bits per heavy atom. The predicted molar refractivity (Wildman–Crippen MR) is 69.6 cm³/mol. The van der Waals surface area contributed by atoms with Crippen LogP contribution in [0.1, 0.15) is 28.8 Å². The number of benzene rings is 1. The van der Waals surface area contributed by atoms with Gasteiger partial charge in [-0.3, -0.25) is 4.79 Å². The molecule has 18 heavy (non-hydrogen) atoms. The molecule has 0 radical (unpaired) electrons. The van der Waals surface area contributed by atoms with Gasteiger partial charge in [-0.2, -0.15) is 0 Å². The SMILES string of the molecule is COc1cc(C)c(C(=O)C2CCCN2)c(OC)c1. The largest absolute Gasteiger partial charge is 0.497 e. The normalized spacial score (nSPS) is 18.7.